The molecule has 0 aliphatic heterocycles. The third-order valence-corrected chi connectivity index (χ3v) is 2.06. The molecule has 5 nitrogen and oxygen atoms in total. The Labute approximate surface area is 94.8 Å². The minimum Gasteiger partial charge on any atom is -0.426 e. The molecule has 1 rings (SSSR count). The summed E-state index contributed by atoms with van der Waals surface area (Å²) in [5.41, 5.74) is 6.36. The Bertz CT molecular complexity index is 389. The highest BCUT2D eigenvalue weighted by atomic mass is 16.5. The summed E-state index contributed by atoms with van der Waals surface area (Å²) in [7, 11) is 0. The number of nitrogens with one attached hydrogen (secondary N) is 1. The van der Waals surface area contributed by atoms with Crippen LogP contribution in [0.25, 0.3) is 0 Å². The molecule has 0 amide bonds. The zero-order valence-corrected chi connectivity index (χ0v) is 8.88. The number of nitrogens with two attached hydrogens (primary N) is 1. The van der Waals surface area contributed by atoms with Gasteiger partial charge >= 0.3 is 6.74 Å². The van der Waals surface area contributed by atoms with E-state index in [4.69, 9.17) is 10.9 Å². The van der Waals surface area contributed by atoms with E-state index >= 15 is 0 Å². The van der Waals surface area contributed by atoms with Gasteiger partial charge in [0.2, 0.25) is 6.74 Å². The average Bonchev–Trinajstić information content (AvgIpc) is 2.28. The van der Waals surface area contributed by atoms with Crippen molar-refractivity contribution in [2.24, 2.45) is 5.64 Å². The van der Waals surface area contributed by atoms with Gasteiger partial charge in [-0.25, -0.2) is 0 Å². The van der Waals surface area contributed by atoms with Crippen LogP contribution in [0.15, 0.2) is 24.3 Å². The predicted molar refractivity (Wildman–Crippen MR) is 64.6 cm³/mol. The molecule has 1 aromatic carbocycles. The third-order valence-electron chi connectivity index (χ3n) is 2.06. The van der Waals surface area contributed by atoms with Crippen LogP contribution in [0.2, 0.25) is 6.82 Å². The van der Waals surface area contributed by atoms with Crippen molar-refractivity contribution in [2.45, 2.75) is 6.82 Å². The van der Waals surface area contributed by atoms with Gasteiger partial charge in [-0.2, -0.15) is 0 Å². The molecule has 0 radical (unpaired) electrons. The summed E-state index contributed by atoms with van der Waals surface area (Å²) >= 11 is 0. The first kappa shape index (κ1) is 12.1. The Morgan fingerprint density at radius 2 is 2.12 bits per heavy atom. The molecular weight excluding hydrogens is 204 g/mol. The normalized spacial score (nSPS) is 8.81. The van der Waals surface area contributed by atoms with Gasteiger partial charge in [-0.3, -0.25) is 0 Å². The zero-order valence-electron chi connectivity index (χ0n) is 8.88. The van der Waals surface area contributed by atoms with Crippen LogP contribution in [0, 0.1) is 11.5 Å². The second-order valence-corrected chi connectivity index (χ2v) is 3.38. The molecule has 0 aliphatic carbocycles. The number of carbonyl (C=O) groups is 1. The summed E-state index contributed by atoms with van der Waals surface area (Å²) in [6.45, 7) is 1.05. The number of ether oxygens (including phenoxy) is 1. The number of benzene rings is 1. The number of nitrogens with zero attached hydrogens (tertiary/aromatic N) is 1. The van der Waals surface area contributed by atoms with Gasteiger partial charge in [-0.1, -0.05) is 6.82 Å². The maximum absolute atomic E-state index is 10.7. The molecule has 0 unspecified atom stereocenters. The molecule has 0 aromatic heterocycles. The fourth-order valence-corrected chi connectivity index (χ4v) is 1.15. The molecule has 1 aromatic rings. The number of carbonyl (C=O) groups excluding carboxylic acids is 1. The van der Waals surface area contributed by atoms with Crippen molar-refractivity contribution in [1.82, 2.24) is 0 Å². The Kier molecular flexibility index (Phi) is 4.42. The first-order chi connectivity index (χ1) is 7.67. The summed E-state index contributed by atoms with van der Waals surface area (Å²) in [6, 6.07) is 6.69. The summed E-state index contributed by atoms with van der Waals surface area (Å²) in [4.78, 5) is 10.7. The van der Waals surface area contributed by atoms with Gasteiger partial charge in [-0.15, -0.1) is 5.26 Å². The van der Waals surface area contributed by atoms with Crippen LogP contribution >= 0.6 is 0 Å². The van der Waals surface area contributed by atoms with Crippen LogP contribution in [0.1, 0.15) is 0 Å². The number of hydrogen-bond acceptors (Lipinski definition) is 5. The maximum Gasteiger partial charge on any atom is 0.307 e. The molecular formula is C9H11B2N3O2. The lowest BCUT2D eigenvalue weighted by atomic mass is 9.23. The first-order valence-electron chi connectivity index (χ1n) is 4.80. The molecule has 80 valence electrons. The molecule has 0 saturated heterocycles. The van der Waals surface area contributed by atoms with Gasteiger partial charge < -0.3 is 20.4 Å². The van der Waals surface area contributed by atoms with E-state index < -0.39 is 6.74 Å². The fraction of sp³-hybridized carbons (Fsp3) is 0.111. The monoisotopic (exact) mass is 215 g/mol. The molecule has 3 N–H and O–H groups in total. The molecule has 0 heterocycles. The van der Waals surface area contributed by atoms with Crippen LogP contribution in [0.5, 0.6) is 5.75 Å². The summed E-state index contributed by atoms with van der Waals surface area (Å²) in [6.07, 6.45) is 2.35. The lowest BCUT2D eigenvalue weighted by Gasteiger charge is -2.11. The summed E-state index contributed by atoms with van der Waals surface area (Å²) in [5, 5.41) is 11.3. The van der Waals surface area contributed by atoms with Crippen molar-refractivity contribution < 1.29 is 9.53 Å². The van der Waals surface area contributed by atoms with Crippen molar-refractivity contribution >= 4 is 25.3 Å². The number of nitriles is 1. The van der Waals surface area contributed by atoms with E-state index in [0.29, 0.717) is 5.75 Å². The quantitative estimate of drug-likeness (QED) is 0.421. The summed E-state index contributed by atoms with van der Waals surface area (Å²) < 4.78 is 4.62. The van der Waals surface area contributed by atoms with Crippen LogP contribution in [-0.4, -0.2) is 19.7 Å². The standard InChI is InChI=1S/C9H11B2N3O2/c1-10(13)11(6-15)14-8-2-4-9(5-3-8)16-7-12/h2-6,14H,13H2,1H3. The lowest BCUT2D eigenvalue weighted by Crippen LogP contribution is -2.48. The average molecular weight is 215 g/mol. The molecule has 0 saturated carbocycles. The van der Waals surface area contributed by atoms with Crippen molar-refractivity contribution in [3.63, 3.8) is 0 Å². The van der Waals surface area contributed by atoms with Crippen LogP contribution < -0.4 is 15.6 Å². The Morgan fingerprint density at radius 1 is 1.50 bits per heavy atom. The van der Waals surface area contributed by atoms with Crippen LogP contribution in [0.4, 0.5) is 5.69 Å². The number of hydrogen-bond donors (Lipinski definition) is 2. The molecule has 16 heavy (non-hydrogen) atoms. The van der Waals surface area contributed by atoms with Gasteiger partial charge in [0.25, 0.3) is 6.26 Å². The van der Waals surface area contributed by atoms with Crippen LogP contribution in [0.3, 0.4) is 0 Å². The van der Waals surface area contributed by atoms with E-state index in [1.54, 1.807) is 37.3 Å². The lowest BCUT2D eigenvalue weighted by molar-refractivity contribution is 0.507. The van der Waals surface area contributed by atoms with Gasteiger partial charge in [0, 0.05) is 5.69 Å². The van der Waals surface area contributed by atoms with E-state index in [0.717, 1.165) is 11.9 Å². The van der Waals surface area contributed by atoms with Gasteiger partial charge in [0.15, 0.2) is 0 Å². The minimum absolute atomic E-state index is 0.271. The van der Waals surface area contributed by atoms with E-state index in [1.807, 2.05) is 0 Å². The Morgan fingerprint density at radius 3 is 2.56 bits per heavy atom. The zero-order chi connectivity index (χ0) is 12.0. The number of rotatable bonds is 5. The first-order valence-corrected chi connectivity index (χ1v) is 4.80. The molecule has 0 aliphatic rings. The SMILES string of the molecule is CB(N)B(C=O)Nc1ccc(OC#N)cc1. The molecule has 0 fully saturated rings. The van der Waals surface area contributed by atoms with Crippen LogP contribution in [-0.2, 0) is 4.79 Å². The van der Waals surface area contributed by atoms with E-state index in [9.17, 15) is 4.79 Å². The fourth-order valence-electron chi connectivity index (χ4n) is 1.15. The largest absolute Gasteiger partial charge is 0.426 e. The molecule has 7 heteroatoms. The van der Waals surface area contributed by atoms with Crippen molar-refractivity contribution in [2.75, 3.05) is 5.23 Å². The molecule has 0 spiro atoms. The van der Waals surface area contributed by atoms with Crippen molar-refractivity contribution in [1.29, 1.82) is 5.26 Å². The van der Waals surface area contributed by atoms with Gasteiger partial charge in [0.05, 0.1) is 6.19 Å². The van der Waals surface area contributed by atoms with Gasteiger partial charge in [-0.05, 0) is 24.3 Å². The van der Waals surface area contributed by atoms with Gasteiger partial charge in [0.1, 0.15) is 5.75 Å². The molecule has 0 bridgehead atoms. The number of anilines is 1. The van der Waals surface area contributed by atoms with Crippen molar-refractivity contribution in [3.05, 3.63) is 24.3 Å². The second kappa shape index (κ2) is 5.83. The minimum atomic E-state index is -0.428. The molecule has 0 atom stereocenters. The highest BCUT2D eigenvalue weighted by Crippen LogP contribution is 2.15. The predicted octanol–water partition coefficient (Wildman–Crippen LogP) is 0.380. The van der Waals surface area contributed by atoms with E-state index in [2.05, 4.69) is 9.96 Å². The van der Waals surface area contributed by atoms with E-state index in [-0.39, 0.29) is 6.74 Å². The Balaban J connectivity index is 2.68. The third kappa shape index (κ3) is 3.33. The topological polar surface area (TPSA) is 88.1 Å². The second-order valence-electron chi connectivity index (χ2n) is 3.38. The highest BCUT2D eigenvalue weighted by Gasteiger charge is 2.21. The summed E-state index contributed by atoms with van der Waals surface area (Å²) in [5.74, 6) is 0.455. The Hall–Kier alpha value is -1.93. The highest BCUT2D eigenvalue weighted by molar-refractivity contribution is 7.32. The van der Waals surface area contributed by atoms with Crippen molar-refractivity contribution in [3.8, 4) is 12.0 Å². The smallest absolute Gasteiger partial charge is 0.307 e. The van der Waals surface area contributed by atoms with E-state index in [1.165, 1.54) is 0 Å². The maximum atomic E-state index is 10.7.